The molecular formula is C16H22FNO2. The molecule has 1 aromatic carbocycles. The Kier molecular flexibility index (Phi) is 4.22. The fourth-order valence-electron chi connectivity index (χ4n) is 3.50. The summed E-state index contributed by atoms with van der Waals surface area (Å²) in [5.74, 6) is 0.102. The Balaban J connectivity index is 1.78. The number of hydrogen-bond donors (Lipinski definition) is 0. The van der Waals surface area contributed by atoms with E-state index in [1.54, 1.807) is 6.07 Å². The van der Waals surface area contributed by atoms with Crippen molar-refractivity contribution < 1.29 is 13.9 Å². The number of hydrogen-bond acceptors (Lipinski definition) is 3. The molecule has 0 amide bonds. The molecule has 0 unspecified atom stereocenters. The number of fused-ring (bicyclic) bond motifs is 1. The van der Waals surface area contributed by atoms with Crippen LogP contribution in [0, 0.1) is 5.82 Å². The Hall–Kier alpha value is -1.13. The van der Waals surface area contributed by atoms with Gasteiger partial charge in [-0.1, -0.05) is 25.0 Å². The van der Waals surface area contributed by atoms with Gasteiger partial charge in [0.2, 0.25) is 0 Å². The summed E-state index contributed by atoms with van der Waals surface area (Å²) in [5, 5.41) is 0. The molecule has 2 atom stereocenters. The van der Waals surface area contributed by atoms with E-state index in [1.807, 2.05) is 6.07 Å². The van der Waals surface area contributed by atoms with Crippen molar-refractivity contribution in [3.8, 4) is 5.75 Å². The minimum absolute atomic E-state index is 0.279. The predicted molar refractivity (Wildman–Crippen MR) is 75.4 cm³/mol. The summed E-state index contributed by atoms with van der Waals surface area (Å²) in [7, 11) is 1.53. The number of para-hydroxylation sites is 1. The first-order valence-corrected chi connectivity index (χ1v) is 7.46. The molecule has 0 aromatic heterocycles. The van der Waals surface area contributed by atoms with Gasteiger partial charge in [-0.2, -0.15) is 0 Å². The second-order valence-corrected chi connectivity index (χ2v) is 5.66. The minimum atomic E-state index is -0.279. The third-order valence-electron chi connectivity index (χ3n) is 4.47. The molecule has 0 bridgehead atoms. The van der Waals surface area contributed by atoms with Crippen molar-refractivity contribution in [2.24, 2.45) is 0 Å². The first-order valence-electron chi connectivity index (χ1n) is 7.46. The van der Waals surface area contributed by atoms with E-state index < -0.39 is 0 Å². The van der Waals surface area contributed by atoms with Crippen molar-refractivity contribution >= 4 is 0 Å². The average molecular weight is 279 g/mol. The van der Waals surface area contributed by atoms with Crippen LogP contribution in [-0.4, -0.2) is 37.3 Å². The van der Waals surface area contributed by atoms with Gasteiger partial charge in [-0.25, -0.2) is 4.39 Å². The summed E-state index contributed by atoms with van der Waals surface area (Å²) in [4.78, 5) is 2.44. The van der Waals surface area contributed by atoms with Crippen molar-refractivity contribution in [2.75, 3.05) is 20.3 Å². The normalized spacial score (nSPS) is 27.1. The maximum absolute atomic E-state index is 13.8. The topological polar surface area (TPSA) is 21.7 Å². The summed E-state index contributed by atoms with van der Waals surface area (Å²) in [6, 6.07) is 5.64. The Labute approximate surface area is 119 Å². The van der Waals surface area contributed by atoms with Gasteiger partial charge in [0.25, 0.3) is 0 Å². The smallest absolute Gasteiger partial charge is 0.165 e. The molecule has 2 aliphatic rings. The van der Waals surface area contributed by atoms with Crippen LogP contribution in [0.4, 0.5) is 4.39 Å². The van der Waals surface area contributed by atoms with Gasteiger partial charge >= 0.3 is 0 Å². The maximum atomic E-state index is 13.8. The molecule has 0 N–H and O–H groups in total. The molecule has 1 aliphatic carbocycles. The van der Waals surface area contributed by atoms with Gasteiger partial charge in [0, 0.05) is 24.7 Å². The Bertz CT molecular complexity index is 464. The van der Waals surface area contributed by atoms with E-state index in [-0.39, 0.29) is 5.82 Å². The van der Waals surface area contributed by atoms with Gasteiger partial charge in [0.15, 0.2) is 11.6 Å². The molecule has 1 aromatic rings. The lowest BCUT2D eigenvalue weighted by Gasteiger charge is -2.44. The van der Waals surface area contributed by atoms with Gasteiger partial charge in [0.05, 0.1) is 19.8 Å². The highest BCUT2D eigenvalue weighted by atomic mass is 19.1. The standard InChI is InChI=1S/C16H22FNO2/c1-19-16-12(5-4-6-13(16)17)11-18-9-10-20-15-8-3-2-7-14(15)18/h4-6,14-15H,2-3,7-11H2,1H3/t14-,15-/m1/s1. The quantitative estimate of drug-likeness (QED) is 0.849. The van der Waals surface area contributed by atoms with Crippen molar-refractivity contribution in [1.82, 2.24) is 4.90 Å². The van der Waals surface area contributed by atoms with Crippen molar-refractivity contribution in [2.45, 2.75) is 44.4 Å². The fourth-order valence-corrected chi connectivity index (χ4v) is 3.50. The summed E-state index contributed by atoms with van der Waals surface area (Å²) in [5.41, 5.74) is 0.929. The van der Waals surface area contributed by atoms with Crippen LogP contribution in [0.1, 0.15) is 31.2 Å². The first kappa shape index (κ1) is 13.8. The van der Waals surface area contributed by atoms with Crippen molar-refractivity contribution in [3.63, 3.8) is 0 Å². The van der Waals surface area contributed by atoms with Crippen LogP contribution >= 0.6 is 0 Å². The Morgan fingerprint density at radius 1 is 1.35 bits per heavy atom. The lowest BCUT2D eigenvalue weighted by molar-refractivity contribution is -0.0912. The average Bonchev–Trinajstić information content (AvgIpc) is 2.48. The SMILES string of the molecule is COc1c(F)cccc1CN1CCO[C@@H]2CCCC[C@H]21. The molecule has 0 radical (unpaired) electrons. The van der Waals surface area contributed by atoms with E-state index in [1.165, 1.54) is 32.4 Å². The fraction of sp³-hybridized carbons (Fsp3) is 0.625. The number of benzene rings is 1. The lowest BCUT2D eigenvalue weighted by atomic mass is 9.90. The summed E-state index contributed by atoms with van der Waals surface area (Å²) in [6.07, 6.45) is 5.22. The molecular weight excluding hydrogens is 257 g/mol. The van der Waals surface area contributed by atoms with Crippen LogP contribution < -0.4 is 4.74 Å². The molecule has 1 saturated heterocycles. The molecule has 110 valence electrons. The highest BCUT2D eigenvalue weighted by molar-refractivity contribution is 5.35. The van der Waals surface area contributed by atoms with Gasteiger partial charge in [-0.15, -0.1) is 0 Å². The van der Waals surface area contributed by atoms with Crippen LogP contribution in [0.5, 0.6) is 5.75 Å². The second-order valence-electron chi connectivity index (χ2n) is 5.66. The van der Waals surface area contributed by atoms with E-state index in [2.05, 4.69) is 4.90 Å². The molecule has 2 fully saturated rings. The zero-order valence-electron chi connectivity index (χ0n) is 12.0. The Morgan fingerprint density at radius 2 is 2.20 bits per heavy atom. The summed E-state index contributed by atoms with van der Waals surface area (Å²) < 4.78 is 24.9. The van der Waals surface area contributed by atoms with Crippen LogP contribution in [0.3, 0.4) is 0 Å². The highest BCUT2D eigenvalue weighted by Crippen LogP contribution is 2.31. The van der Waals surface area contributed by atoms with Crippen LogP contribution in [0.15, 0.2) is 18.2 Å². The number of ether oxygens (including phenoxy) is 2. The predicted octanol–water partition coefficient (Wildman–Crippen LogP) is 2.98. The zero-order chi connectivity index (χ0) is 13.9. The molecule has 1 heterocycles. The Morgan fingerprint density at radius 3 is 3.05 bits per heavy atom. The highest BCUT2D eigenvalue weighted by Gasteiger charge is 2.34. The van der Waals surface area contributed by atoms with Gasteiger partial charge in [-0.05, 0) is 18.9 Å². The van der Waals surface area contributed by atoms with E-state index in [4.69, 9.17) is 9.47 Å². The molecule has 1 aliphatic heterocycles. The maximum Gasteiger partial charge on any atom is 0.165 e. The number of methoxy groups -OCH3 is 1. The largest absolute Gasteiger partial charge is 0.493 e. The number of halogens is 1. The second kappa shape index (κ2) is 6.10. The molecule has 0 spiro atoms. The summed E-state index contributed by atoms with van der Waals surface area (Å²) >= 11 is 0. The van der Waals surface area contributed by atoms with E-state index in [9.17, 15) is 4.39 Å². The molecule has 3 nitrogen and oxygen atoms in total. The van der Waals surface area contributed by atoms with Gasteiger partial charge in [0.1, 0.15) is 0 Å². The molecule has 4 heteroatoms. The lowest BCUT2D eigenvalue weighted by Crippen LogP contribution is -2.52. The van der Waals surface area contributed by atoms with Crippen molar-refractivity contribution in [1.29, 1.82) is 0 Å². The van der Waals surface area contributed by atoms with Crippen LogP contribution in [-0.2, 0) is 11.3 Å². The molecule has 20 heavy (non-hydrogen) atoms. The van der Waals surface area contributed by atoms with Crippen LogP contribution in [0.25, 0.3) is 0 Å². The van der Waals surface area contributed by atoms with E-state index in [0.29, 0.717) is 17.9 Å². The molecule has 3 rings (SSSR count). The minimum Gasteiger partial charge on any atom is -0.493 e. The van der Waals surface area contributed by atoms with E-state index >= 15 is 0 Å². The third-order valence-corrected chi connectivity index (χ3v) is 4.47. The third kappa shape index (κ3) is 2.67. The summed E-state index contributed by atoms with van der Waals surface area (Å²) in [6.45, 7) is 2.44. The number of nitrogens with zero attached hydrogens (tertiary/aromatic N) is 1. The first-order chi connectivity index (χ1) is 9.79. The molecule has 1 saturated carbocycles. The number of morpholine rings is 1. The number of rotatable bonds is 3. The van der Waals surface area contributed by atoms with Gasteiger partial charge < -0.3 is 9.47 Å². The monoisotopic (exact) mass is 279 g/mol. The zero-order valence-corrected chi connectivity index (χ0v) is 12.0. The van der Waals surface area contributed by atoms with Crippen LogP contribution in [0.2, 0.25) is 0 Å². The van der Waals surface area contributed by atoms with Crippen molar-refractivity contribution in [3.05, 3.63) is 29.6 Å². The van der Waals surface area contributed by atoms with Gasteiger partial charge in [-0.3, -0.25) is 4.90 Å². The van der Waals surface area contributed by atoms with E-state index in [0.717, 1.165) is 31.7 Å².